The Kier molecular flexibility index (Phi) is 4.93. The highest BCUT2D eigenvalue weighted by Crippen LogP contribution is 2.41. The summed E-state index contributed by atoms with van der Waals surface area (Å²) in [6, 6.07) is 8.63. The number of carbonyl (C=O) groups is 1. The van der Waals surface area contributed by atoms with Crippen molar-refractivity contribution in [3.63, 3.8) is 0 Å². The van der Waals surface area contributed by atoms with Crippen molar-refractivity contribution in [2.75, 3.05) is 0 Å². The van der Waals surface area contributed by atoms with Gasteiger partial charge in [-0.1, -0.05) is 13.8 Å². The van der Waals surface area contributed by atoms with Gasteiger partial charge in [0.15, 0.2) is 5.78 Å². The molecule has 4 nitrogen and oxygen atoms in total. The molecule has 0 bridgehead atoms. The number of nitrogens with one attached hydrogen (secondary N) is 1. The van der Waals surface area contributed by atoms with Gasteiger partial charge in [0.25, 0.3) is 0 Å². The van der Waals surface area contributed by atoms with Crippen LogP contribution in [0.25, 0.3) is 5.69 Å². The lowest BCUT2D eigenvalue weighted by atomic mass is 9.74. The van der Waals surface area contributed by atoms with E-state index in [0.29, 0.717) is 6.54 Å². The molecule has 0 saturated heterocycles. The van der Waals surface area contributed by atoms with E-state index in [1.807, 2.05) is 22.3 Å². The molecule has 28 heavy (non-hydrogen) atoms. The van der Waals surface area contributed by atoms with Crippen LogP contribution in [0.1, 0.15) is 59.7 Å². The third-order valence-corrected chi connectivity index (χ3v) is 6.38. The van der Waals surface area contributed by atoms with Crippen molar-refractivity contribution < 1.29 is 9.18 Å². The van der Waals surface area contributed by atoms with Gasteiger partial charge in [0, 0.05) is 23.8 Å². The number of thiophene rings is 1. The lowest BCUT2D eigenvalue weighted by Gasteiger charge is -2.36. The van der Waals surface area contributed by atoms with E-state index in [0.717, 1.165) is 29.0 Å². The number of hydrogen-bond acceptors (Lipinski definition) is 4. The molecule has 146 valence electrons. The molecule has 0 radical (unpaired) electrons. The van der Waals surface area contributed by atoms with Crippen molar-refractivity contribution in [1.82, 2.24) is 15.1 Å². The minimum Gasteiger partial charge on any atom is -0.306 e. The summed E-state index contributed by atoms with van der Waals surface area (Å²) >= 11 is 1.50. The number of ketones is 1. The van der Waals surface area contributed by atoms with Gasteiger partial charge >= 0.3 is 0 Å². The lowest BCUT2D eigenvalue weighted by Crippen LogP contribution is -2.33. The Morgan fingerprint density at radius 1 is 1.36 bits per heavy atom. The summed E-state index contributed by atoms with van der Waals surface area (Å²) in [7, 11) is 0. The summed E-state index contributed by atoms with van der Waals surface area (Å²) in [4.78, 5) is 12.3. The number of benzene rings is 1. The number of carbonyl (C=O) groups excluding carboxylic acids is 1. The van der Waals surface area contributed by atoms with E-state index in [2.05, 4.69) is 24.3 Å². The average Bonchev–Trinajstić information content (AvgIpc) is 3.27. The average molecular weight is 398 g/mol. The fraction of sp³-hybridized carbons (Fsp3) is 0.364. The van der Waals surface area contributed by atoms with Crippen LogP contribution in [-0.2, 0) is 13.0 Å². The van der Waals surface area contributed by atoms with Crippen molar-refractivity contribution in [3.8, 4) is 5.69 Å². The Bertz CT molecular complexity index is 1000. The molecule has 0 unspecified atom stereocenters. The van der Waals surface area contributed by atoms with Gasteiger partial charge in [0.2, 0.25) is 0 Å². The van der Waals surface area contributed by atoms with Crippen molar-refractivity contribution in [2.45, 2.75) is 46.2 Å². The van der Waals surface area contributed by atoms with Crippen LogP contribution in [0.4, 0.5) is 4.39 Å². The van der Waals surface area contributed by atoms with Crippen LogP contribution in [0.3, 0.4) is 0 Å². The van der Waals surface area contributed by atoms with E-state index >= 15 is 0 Å². The first-order valence-corrected chi connectivity index (χ1v) is 10.3. The zero-order chi connectivity index (χ0) is 19.9. The fourth-order valence-electron chi connectivity index (χ4n) is 3.92. The SMILES string of the molecule is CC(=O)c1cc(CN[C@@H]2CC(C)(C)Cc3c2cnn3-c2ccc(F)cc2)cs1. The Hall–Kier alpha value is -2.31. The van der Waals surface area contributed by atoms with E-state index < -0.39 is 0 Å². The lowest BCUT2D eigenvalue weighted by molar-refractivity contribution is 0.102. The number of halogens is 1. The Labute approximate surface area is 168 Å². The summed E-state index contributed by atoms with van der Waals surface area (Å²) in [6.45, 7) is 6.85. The molecule has 0 saturated carbocycles. The summed E-state index contributed by atoms with van der Waals surface area (Å²) in [5.41, 5.74) is 4.51. The maximum Gasteiger partial charge on any atom is 0.169 e. The smallest absolute Gasteiger partial charge is 0.169 e. The zero-order valence-corrected chi connectivity index (χ0v) is 17.1. The normalized spacial score (nSPS) is 18.1. The highest BCUT2D eigenvalue weighted by atomic mass is 32.1. The van der Waals surface area contributed by atoms with Crippen LogP contribution in [0, 0.1) is 11.2 Å². The third-order valence-electron chi connectivity index (χ3n) is 5.30. The van der Waals surface area contributed by atoms with Gasteiger partial charge in [-0.2, -0.15) is 5.10 Å². The van der Waals surface area contributed by atoms with Crippen LogP contribution < -0.4 is 5.32 Å². The van der Waals surface area contributed by atoms with Crippen LogP contribution in [0.15, 0.2) is 41.9 Å². The van der Waals surface area contributed by atoms with E-state index in [1.165, 1.54) is 34.7 Å². The minimum absolute atomic E-state index is 0.109. The number of aromatic nitrogens is 2. The first kappa shape index (κ1) is 19.0. The van der Waals surface area contributed by atoms with Crippen LogP contribution in [0.2, 0.25) is 0 Å². The molecule has 3 aromatic rings. The summed E-state index contributed by atoms with van der Waals surface area (Å²) in [6.07, 6.45) is 3.86. The maximum atomic E-state index is 13.3. The molecule has 1 aliphatic rings. The van der Waals surface area contributed by atoms with E-state index in [9.17, 15) is 9.18 Å². The highest BCUT2D eigenvalue weighted by Gasteiger charge is 2.35. The molecule has 0 amide bonds. The van der Waals surface area contributed by atoms with Gasteiger partial charge in [-0.3, -0.25) is 4.79 Å². The quantitative estimate of drug-likeness (QED) is 0.611. The van der Waals surface area contributed by atoms with Gasteiger partial charge in [0.05, 0.1) is 16.8 Å². The number of fused-ring (bicyclic) bond motifs is 1. The number of rotatable bonds is 5. The van der Waals surface area contributed by atoms with Gasteiger partial charge in [0.1, 0.15) is 5.82 Å². The molecule has 2 heterocycles. The van der Waals surface area contributed by atoms with E-state index in [1.54, 1.807) is 19.1 Å². The standard InChI is InChI=1S/C22H24FN3OS/c1-14(27)21-8-15(13-28-21)11-24-19-9-22(2,3)10-20-18(19)12-25-26(20)17-6-4-16(23)5-7-17/h4-8,12-13,19,24H,9-11H2,1-3H3/t19-/m1/s1. The predicted molar refractivity (Wildman–Crippen MR) is 110 cm³/mol. The molecule has 1 N–H and O–H groups in total. The molecule has 1 aromatic carbocycles. The van der Waals surface area contributed by atoms with Gasteiger partial charge in [-0.05, 0) is 66.5 Å². The first-order chi connectivity index (χ1) is 13.3. The molecule has 4 rings (SSSR count). The minimum atomic E-state index is -0.245. The van der Waals surface area contributed by atoms with Crippen LogP contribution >= 0.6 is 11.3 Å². The first-order valence-electron chi connectivity index (χ1n) is 9.47. The molecule has 1 atom stereocenters. The molecule has 2 aromatic heterocycles. The molecular weight excluding hydrogens is 373 g/mol. The molecule has 6 heteroatoms. The number of Topliss-reactive ketones (excluding diaryl/α,β-unsaturated/α-hetero) is 1. The van der Waals surface area contributed by atoms with Gasteiger partial charge in [-0.15, -0.1) is 11.3 Å². The van der Waals surface area contributed by atoms with Gasteiger partial charge in [-0.25, -0.2) is 9.07 Å². The molecule has 0 fully saturated rings. The summed E-state index contributed by atoms with van der Waals surface area (Å²) in [5.74, 6) is -0.136. The Morgan fingerprint density at radius 3 is 2.79 bits per heavy atom. The number of hydrogen-bond donors (Lipinski definition) is 1. The number of nitrogens with zero attached hydrogens (tertiary/aromatic N) is 2. The van der Waals surface area contributed by atoms with Crippen molar-refractivity contribution in [1.29, 1.82) is 0 Å². The van der Waals surface area contributed by atoms with Crippen molar-refractivity contribution in [2.24, 2.45) is 5.41 Å². The zero-order valence-electron chi connectivity index (χ0n) is 16.3. The van der Waals surface area contributed by atoms with E-state index in [-0.39, 0.29) is 23.1 Å². The monoisotopic (exact) mass is 397 g/mol. The topological polar surface area (TPSA) is 46.9 Å². The Morgan fingerprint density at radius 2 is 2.11 bits per heavy atom. The third kappa shape index (κ3) is 3.80. The fourth-order valence-corrected chi connectivity index (χ4v) is 4.74. The predicted octanol–water partition coefficient (Wildman–Crippen LogP) is 5.08. The molecule has 0 aliphatic heterocycles. The second-order valence-electron chi connectivity index (χ2n) is 8.29. The molecule has 1 aliphatic carbocycles. The summed E-state index contributed by atoms with van der Waals surface area (Å²) < 4.78 is 15.2. The van der Waals surface area contributed by atoms with Crippen LogP contribution in [0.5, 0.6) is 0 Å². The highest BCUT2D eigenvalue weighted by molar-refractivity contribution is 7.12. The molecular formula is C22H24FN3OS. The van der Waals surface area contributed by atoms with Crippen molar-refractivity contribution >= 4 is 17.1 Å². The molecule has 0 spiro atoms. The second kappa shape index (κ2) is 7.26. The maximum absolute atomic E-state index is 13.3. The van der Waals surface area contributed by atoms with Crippen LogP contribution in [-0.4, -0.2) is 15.6 Å². The largest absolute Gasteiger partial charge is 0.306 e. The van der Waals surface area contributed by atoms with Crippen molar-refractivity contribution in [3.05, 3.63) is 69.4 Å². The van der Waals surface area contributed by atoms with E-state index in [4.69, 9.17) is 0 Å². The summed E-state index contributed by atoms with van der Waals surface area (Å²) in [5, 5.41) is 10.3. The Balaban J connectivity index is 1.60. The van der Waals surface area contributed by atoms with Gasteiger partial charge < -0.3 is 5.32 Å². The second-order valence-corrected chi connectivity index (χ2v) is 9.20.